The van der Waals surface area contributed by atoms with Gasteiger partial charge in [0.15, 0.2) is 0 Å². The van der Waals surface area contributed by atoms with Gasteiger partial charge in [-0.1, -0.05) is 162 Å². The second-order valence-electron chi connectivity index (χ2n) is 14.6. The molecule has 0 aromatic heterocycles. The molecule has 0 saturated heterocycles. The lowest BCUT2D eigenvalue weighted by Crippen LogP contribution is -2.31. The van der Waals surface area contributed by atoms with Crippen LogP contribution in [0.25, 0.3) is 33.4 Å². The second kappa shape index (κ2) is 10.2. The third-order valence-corrected chi connectivity index (χ3v) is 11.8. The molecule has 0 radical (unpaired) electrons. The first-order valence-corrected chi connectivity index (χ1v) is 17.6. The van der Waals surface area contributed by atoms with Gasteiger partial charge in [0.2, 0.25) is 0 Å². The SMILES string of the molecule is Cc1ccc([C@@]2(O)c3ccccc3-c3c2c2c(c4c3[C@@](O)(c3ccc(C)cc3)c3ccccc3-4)[C@@](O)(c3ccc(C)cc3)c3ccccc3-2)cc1. The predicted octanol–water partition coefficient (Wildman–Crippen LogP) is 9.41. The Kier molecular flexibility index (Phi) is 6.08. The lowest BCUT2D eigenvalue weighted by atomic mass is 9.73. The topological polar surface area (TPSA) is 60.7 Å². The Morgan fingerprint density at radius 3 is 0.804 bits per heavy atom. The number of benzene rings is 7. The minimum Gasteiger partial charge on any atom is -0.376 e. The van der Waals surface area contributed by atoms with E-state index < -0.39 is 16.8 Å². The van der Waals surface area contributed by atoms with Gasteiger partial charge in [-0.15, -0.1) is 0 Å². The highest BCUT2D eigenvalue weighted by Crippen LogP contribution is 2.68. The van der Waals surface area contributed by atoms with E-state index in [2.05, 4.69) is 18.2 Å². The van der Waals surface area contributed by atoms with Gasteiger partial charge >= 0.3 is 0 Å². The van der Waals surface area contributed by atoms with Crippen molar-refractivity contribution in [3.05, 3.63) is 212 Å². The van der Waals surface area contributed by atoms with Gasteiger partial charge < -0.3 is 15.3 Å². The maximum atomic E-state index is 13.7. The smallest absolute Gasteiger partial charge is 0.142 e. The standard InChI is InChI=1S/C48H36O3/c1-28-16-22-31(23-17-28)46(49)37-13-7-4-10-34(37)40-43(46)41-35-11-5-8-14-38(35)47(50,32-24-18-29(2)19-25-32)45(41)42-36-12-6-9-15-39(36)48(51,44(40)42)33-26-20-30(3)21-27-33/h4-27,49-51H,1-3H3/t46-,47-,48-/m1/s1. The summed E-state index contributed by atoms with van der Waals surface area (Å²) in [5, 5.41) is 41.1. The number of fused-ring (bicyclic) bond motifs is 12. The molecule has 7 aromatic carbocycles. The number of rotatable bonds is 3. The van der Waals surface area contributed by atoms with Crippen molar-refractivity contribution in [2.75, 3.05) is 0 Å². The van der Waals surface area contributed by atoms with E-state index in [1.807, 2.05) is 148 Å². The second-order valence-corrected chi connectivity index (χ2v) is 14.6. The zero-order chi connectivity index (χ0) is 34.9. The van der Waals surface area contributed by atoms with E-state index in [9.17, 15) is 15.3 Å². The van der Waals surface area contributed by atoms with Crippen molar-refractivity contribution >= 4 is 0 Å². The molecule has 3 nitrogen and oxygen atoms in total. The molecule has 0 saturated carbocycles. The summed E-state index contributed by atoms with van der Waals surface area (Å²) in [6, 6.07) is 48.5. The Morgan fingerprint density at radius 2 is 0.549 bits per heavy atom. The monoisotopic (exact) mass is 660 g/mol. The fraction of sp³-hybridized carbons (Fsp3) is 0.125. The molecular weight excluding hydrogens is 625 g/mol. The minimum absolute atomic E-state index is 0.690. The van der Waals surface area contributed by atoms with Gasteiger partial charge in [0, 0.05) is 33.4 Å². The van der Waals surface area contributed by atoms with Crippen LogP contribution in [0.15, 0.2) is 146 Å². The van der Waals surface area contributed by atoms with Crippen molar-refractivity contribution < 1.29 is 15.3 Å². The van der Waals surface area contributed by atoms with Crippen LogP contribution < -0.4 is 0 Å². The highest BCUT2D eigenvalue weighted by molar-refractivity contribution is 6.05. The number of aliphatic hydroxyl groups is 3. The highest BCUT2D eigenvalue weighted by atomic mass is 16.3. The van der Waals surface area contributed by atoms with Crippen molar-refractivity contribution in [2.24, 2.45) is 0 Å². The van der Waals surface area contributed by atoms with Gasteiger partial charge in [-0.25, -0.2) is 0 Å². The summed E-state index contributed by atoms with van der Waals surface area (Å²) < 4.78 is 0. The summed E-state index contributed by atoms with van der Waals surface area (Å²) in [7, 11) is 0. The molecule has 3 aliphatic carbocycles. The van der Waals surface area contributed by atoms with Crippen LogP contribution in [0.2, 0.25) is 0 Å². The van der Waals surface area contributed by atoms with E-state index in [4.69, 9.17) is 0 Å². The molecule has 10 rings (SSSR count). The van der Waals surface area contributed by atoms with Gasteiger partial charge in [0.25, 0.3) is 0 Å². The Morgan fingerprint density at radius 1 is 0.314 bits per heavy atom. The van der Waals surface area contributed by atoms with Gasteiger partial charge in [0.05, 0.1) is 0 Å². The molecule has 0 fully saturated rings. The molecule has 3 atom stereocenters. The number of aryl methyl sites for hydroxylation is 3. The summed E-state index contributed by atoms with van der Waals surface area (Å²) in [5.41, 5.74) is 10.1. The van der Waals surface area contributed by atoms with Crippen LogP contribution in [0.1, 0.15) is 66.8 Å². The first-order valence-electron chi connectivity index (χ1n) is 17.6. The zero-order valence-corrected chi connectivity index (χ0v) is 28.7. The summed E-state index contributed by atoms with van der Waals surface area (Å²) in [6.45, 7) is 6.14. The molecule has 51 heavy (non-hydrogen) atoms. The van der Waals surface area contributed by atoms with Crippen LogP contribution in [0.4, 0.5) is 0 Å². The van der Waals surface area contributed by atoms with Gasteiger partial charge in [-0.05, 0) is 70.8 Å². The van der Waals surface area contributed by atoms with E-state index in [0.29, 0.717) is 16.7 Å². The Hall–Kier alpha value is -5.58. The van der Waals surface area contributed by atoms with Crippen LogP contribution in [-0.2, 0) is 16.8 Å². The van der Waals surface area contributed by atoms with Gasteiger partial charge in [-0.3, -0.25) is 0 Å². The van der Waals surface area contributed by atoms with Crippen LogP contribution in [-0.4, -0.2) is 15.3 Å². The largest absolute Gasteiger partial charge is 0.376 e. The lowest BCUT2D eigenvalue weighted by molar-refractivity contribution is 0.123. The molecule has 0 amide bonds. The van der Waals surface area contributed by atoms with Crippen molar-refractivity contribution in [1.29, 1.82) is 0 Å². The third kappa shape index (κ3) is 3.68. The summed E-state index contributed by atoms with van der Waals surface area (Å²) in [5.74, 6) is 0. The quantitative estimate of drug-likeness (QED) is 0.177. The maximum Gasteiger partial charge on any atom is 0.142 e. The molecular formula is C48H36O3. The van der Waals surface area contributed by atoms with Crippen molar-refractivity contribution in [3.8, 4) is 33.4 Å². The van der Waals surface area contributed by atoms with E-state index >= 15 is 0 Å². The molecule has 0 aliphatic heterocycles. The van der Waals surface area contributed by atoms with E-state index in [1.165, 1.54) is 0 Å². The molecule has 3 heteroatoms. The Bertz CT molecular complexity index is 2270. The lowest BCUT2D eigenvalue weighted by Gasteiger charge is -2.34. The Labute approximate surface area is 297 Å². The Balaban J connectivity index is 1.48. The highest BCUT2D eigenvalue weighted by Gasteiger charge is 2.58. The molecule has 7 aromatic rings. The van der Waals surface area contributed by atoms with Crippen LogP contribution in [0.5, 0.6) is 0 Å². The van der Waals surface area contributed by atoms with E-state index in [-0.39, 0.29) is 0 Å². The molecule has 3 aliphatic rings. The molecule has 3 N–H and O–H groups in total. The fourth-order valence-corrected chi connectivity index (χ4v) is 9.38. The van der Waals surface area contributed by atoms with Crippen LogP contribution in [0, 0.1) is 20.8 Å². The van der Waals surface area contributed by atoms with Crippen molar-refractivity contribution in [2.45, 2.75) is 37.6 Å². The number of hydrogen-bond donors (Lipinski definition) is 3. The zero-order valence-electron chi connectivity index (χ0n) is 28.7. The average Bonchev–Trinajstić information content (AvgIpc) is 3.69. The van der Waals surface area contributed by atoms with Crippen molar-refractivity contribution in [1.82, 2.24) is 0 Å². The number of hydrogen-bond acceptors (Lipinski definition) is 3. The summed E-state index contributed by atoms with van der Waals surface area (Å²) in [4.78, 5) is 0. The summed E-state index contributed by atoms with van der Waals surface area (Å²) in [6.07, 6.45) is 0. The minimum atomic E-state index is -1.59. The fourth-order valence-electron chi connectivity index (χ4n) is 9.38. The van der Waals surface area contributed by atoms with Gasteiger partial charge in [0.1, 0.15) is 16.8 Å². The summed E-state index contributed by atoms with van der Waals surface area (Å²) >= 11 is 0. The molecule has 0 bridgehead atoms. The van der Waals surface area contributed by atoms with Crippen LogP contribution >= 0.6 is 0 Å². The molecule has 246 valence electrons. The van der Waals surface area contributed by atoms with Crippen molar-refractivity contribution in [3.63, 3.8) is 0 Å². The normalized spacial score (nSPS) is 21.8. The third-order valence-electron chi connectivity index (χ3n) is 11.8. The first-order chi connectivity index (χ1) is 24.7. The van der Waals surface area contributed by atoms with E-state index in [1.54, 1.807) is 0 Å². The average molecular weight is 661 g/mol. The molecule has 0 unspecified atom stereocenters. The maximum absolute atomic E-state index is 13.7. The van der Waals surface area contributed by atoms with E-state index in [0.717, 1.165) is 83.5 Å². The molecule has 0 heterocycles. The molecule has 0 spiro atoms. The first kappa shape index (κ1) is 30.3. The predicted molar refractivity (Wildman–Crippen MR) is 203 cm³/mol. The van der Waals surface area contributed by atoms with Crippen LogP contribution in [0.3, 0.4) is 0 Å². The van der Waals surface area contributed by atoms with Gasteiger partial charge in [-0.2, -0.15) is 0 Å².